The second-order valence-corrected chi connectivity index (χ2v) is 8.42. The molecule has 0 aromatic heterocycles. The summed E-state index contributed by atoms with van der Waals surface area (Å²) in [6, 6.07) is 9.79. The summed E-state index contributed by atoms with van der Waals surface area (Å²) in [5.74, 6) is -0.375. The van der Waals surface area contributed by atoms with E-state index in [1.807, 2.05) is 17.0 Å². The van der Waals surface area contributed by atoms with Gasteiger partial charge in [0.15, 0.2) is 0 Å². The number of ether oxygens (including phenoxy) is 1. The molecule has 2 aromatic rings. The van der Waals surface area contributed by atoms with E-state index in [9.17, 15) is 14.0 Å². The Balaban J connectivity index is 1.59. The first-order valence-corrected chi connectivity index (χ1v) is 10.8. The van der Waals surface area contributed by atoms with Crippen molar-refractivity contribution in [2.45, 2.75) is 51.1 Å². The highest BCUT2D eigenvalue weighted by Crippen LogP contribution is 2.36. The lowest BCUT2D eigenvalue weighted by Crippen LogP contribution is -2.50. The van der Waals surface area contributed by atoms with Gasteiger partial charge in [-0.25, -0.2) is 9.18 Å². The molecule has 0 bridgehead atoms. The molecule has 1 atom stereocenters. The topological polar surface area (TPSA) is 84.7 Å². The summed E-state index contributed by atoms with van der Waals surface area (Å²) in [7, 11) is 1.63. The highest BCUT2D eigenvalue weighted by molar-refractivity contribution is 5.94. The number of hydrogen-bond acceptors (Lipinski definition) is 3. The summed E-state index contributed by atoms with van der Waals surface area (Å²) in [4.78, 5) is 26.4. The van der Waals surface area contributed by atoms with Crippen molar-refractivity contribution in [1.82, 2.24) is 4.90 Å². The molecule has 6 nitrogen and oxygen atoms in total. The standard InChI is InChI=1S/C24H28FN3O3/c1-31-19-9-7-16-12-22(15-5-3-2-4-6-15)28(14-17(16)11-19)24(30)27-18-8-10-20(23(26)29)21(25)13-18/h7-11,13,15,22H,2-6,12,14H2,1H3,(H2,26,29)(H,27,30)/t22-/m1/s1. The number of nitrogens with one attached hydrogen (secondary N) is 1. The van der Waals surface area contributed by atoms with Gasteiger partial charge in [0.05, 0.1) is 12.7 Å². The van der Waals surface area contributed by atoms with Crippen molar-refractivity contribution in [1.29, 1.82) is 0 Å². The van der Waals surface area contributed by atoms with Gasteiger partial charge < -0.3 is 20.7 Å². The molecule has 1 aliphatic heterocycles. The maximum absolute atomic E-state index is 14.2. The molecule has 0 unspecified atom stereocenters. The number of primary amides is 1. The second-order valence-electron chi connectivity index (χ2n) is 8.42. The van der Waals surface area contributed by atoms with Gasteiger partial charge >= 0.3 is 6.03 Å². The molecule has 0 saturated heterocycles. The number of urea groups is 1. The van der Waals surface area contributed by atoms with Crippen molar-refractivity contribution < 1.29 is 18.7 Å². The Morgan fingerprint density at radius 3 is 2.55 bits per heavy atom. The molecule has 1 aliphatic carbocycles. The lowest BCUT2D eigenvalue weighted by atomic mass is 9.78. The third-order valence-corrected chi connectivity index (χ3v) is 6.52. The summed E-state index contributed by atoms with van der Waals surface area (Å²) in [5.41, 5.74) is 7.58. The Morgan fingerprint density at radius 1 is 1.10 bits per heavy atom. The van der Waals surface area contributed by atoms with Crippen molar-refractivity contribution in [3.05, 3.63) is 58.9 Å². The molecule has 2 aliphatic rings. The first kappa shape index (κ1) is 21.2. The highest BCUT2D eigenvalue weighted by atomic mass is 19.1. The summed E-state index contributed by atoms with van der Waals surface area (Å²) < 4.78 is 19.5. The Hall–Kier alpha value is -3.09. The van der Waals surface area contributed by atoms with Crippen LogP contribution in [-0.4, -0.2) is 30.0 Å². The van der Waals surface area contributed by atoms with E-state index in [0.29, 0.717) is 18.2 Å². The van der Waals surface area contributed by atoms with Gasteiger partial charge in [-0.15, -0.1) is 0 Å². The van der Waals surface area contributed by atoms with Gasteiger partial charge in [-0.2, -0.15) is 0 Å². The minimum absolute atomic E-state index is 0.0935. The van der Waals surface area contributed by atoms with E-state index in [1.54, 1.807) is 7.11 Å². The number of amides is 3. The van der Waals surface area contributed by atoms with Gasteiger partial charge in [0, 0.05) is 18.3 Å². The lowest BCUT2D eigenvalue weighted by Gasteiger charge is -2.42. The summed E-state index contributed by atoms with van der Waals surface area (Å²) in [5, 5.41) is 2.81. The summed E-state index contributed by atoms with van der Waals surface area (Å²) in [6.07, 6.45) is 6.64. The van der Waals surface area contributed by atoms with Gasteiger partial charge in [-0.1, -0.05) is 25.3 Å². The van der Waals surface area contributed by atoms with Crippen molar-refractivity contribution in [2.24, 2.45) is 11.7 Å². The molecule has 1 fully saturated rings. The Bertz CT molecular complexity index is 988. The van der Waals surface area contributed by atoms with Crippen LogP contribution in [0.15, 0.2) is 36.4 Å². The van der Waals surface area contributed by atoms with Crippen LogP contribution in [0.1, 0.15) is 53.6 Å². The molecule has 3 N–H and O–H groups in total. The number of anilines is 1. The van der Waals surface area contributed by atoms with Crippen LogP contribution < -0.4 is 15.8 Å². The number of halogens is 1. The molecule has 0 radical (unpaired) electrons. The Morgan fingerprint density at radius 2 is 1.87 bits per heavy atom. The molecular weight excluding hydrogens is 397 g/mol. The predicted molar refractivity (Wildman–Crippen MR) is 117 cm³/mol. The van der Waals surface area contributed by atoms with E-state index in [2.05, 4.69) is 11.4 Å². The third kappa shape index (κ3) is 4.50. The number of hydrogen-bond donors (Lipinski definition) is 2. The predicted octanol–water partition coefficient (Wildman–Crippen LogP) is 4.47. The van der Waals surface area contributed by atoms with Crippen LogP contribution in [0.4, 0.5) is 14.9 Å². The average molecular weight is 426 g/mol. The second kappa shape index (κ2) is 8.96. The average Bonchev–Trinajstić information content (AvgIpc) is 2.78. The van der Waals surface area contributed by atoms with E-state index < -0.39 is 11.7 Å². The summed E-state index contributed by atoms with van der Waals surface area (Å²) >= 11 is 0. The van der Waals surface area contributed by atoms with Crippen molar-refractivity contribution in [3.8, 4) is 5.75 Å². The molecular formula is C24H28FN3O3. The fourth-order valence-electron chi connectivity index (χ4n) is 4.86. The SMILES string of the molecule is COc1ccc2c(c1)CN(C(=O)Nc1ccc(C(N)=O)c(F)c1)[C@@H](C1CCCCC1)C2. The normalized spacial score (nSPS) is 18.9. The van der Waals surface area contributed by atoms with Crippen LogP contribution in [0.2, 0.25) is 0 Å². The van der Waals surface area contributed by atoms with Crippen LogP contribution in [0.3, 0.4) is 0 Å². The first-order valence-electron chi connectivity index (χ1n) is 10.8. The third-order valence-electron chi connectivity index (χ3n) is 6.52. The highest BCUT2D eigenvalue weighted by Gasteiger charge is 2.36. The number of nitrogens with zero attached hydrogens (tertiary/aromatic N) is 1. The number of rotatable bonds is 4. The minimum Gasteiger partial charge on any atom is -0.497 e. The van der Waals surface area contributed by atoms with Gasteiger partial charge in [0.2, 0.25) is 0 Å². The smallest absolute Gasteiger partial charge is 0.322 e. The van der Waals surface area contributed by atoms with Crippen molar-refractivity contribution in [3.63, 3.8) is 0 Å². The fraction of sp³-hybridized carbons (Fsp3) is 0.417. The van der Waals surface area contributed by atoms with E-state index in [-0.39, 0.29) is 17.6 Å². The van der Waals surface area contributed by atoms with Crippen molar-refractivity contribution >= 4 is 17.6 Å². The van der Waals surface area contributed by atoms with Gasteiger partial charge in [0.25, 0.3) is 5.91 Å². The number of carbonyl (C=O) groups excluding carboxylic acids is 2. The van der Waals surface area contributed by atoms with E-state index in [4.69, 9.17) is 10.5 Å². The van der Waals surface area contributed by atoms with E-state index in [0.717, 1.165) is 36.6 Å². The molecule has 0 spiro atoms. The number of fused-ring (bicyclic) bond motifs is 1. The van der Waals surface area contributed by atoms with Gasteiger partial charge in [0.1, 0.15) is 11.6 Å². The van der Waals surface area contributed by atoms with Gasteiger partial charge in [-0.3, -0.25) is 4.79 Å². The van der Waals surface area contributed by atoms with Crippen LogP contribution >= 0.6 is 0 Å². The lowest BCUT2D eigenvalue weighted by molar-refractivity contribution is 0.0996. The van der Waals surface area contributed by atoms with E-state index in [1.165, 1.54) is 37.0 Å². The number of carbonyl (C=O) groups is 2. The molecule has 3 amide bonds. The summed E-state index contributed by atoms with van der Waals surface area (Å²) in [6.45, 7) is 0.474. The largest absolute Gasteiger partial charge is 0.497 e. The molecule has 4 rings (SSSR count). The first-order chi connectivity index (χ1) is 15.0. The maximum atomic E-state index is 14.2. The van der Waals surface area contributed by atoms with Crippen molar-refractivity contribution in [2.75, 3.05) is 12.4 Å². The van der Waals surface area contributed by atoms with Crippen LogP contribution in [0.5, 0.6) is 5.75 Å². The Labute approximate surface area is 181 Å². The minimum atomic E-state index is -0.839. The molecule has 1 heterocycles. The number of benzene rings is 2. The monoisotopic (exact) mass is 425 g/mol. The number of methoxy groups -OCH3 is 1. The molecule has 1 saturated carbocycles. The van der Waals surface area contributed by atoms with Crippen LogP contribution in [0.25, 0.3) is 0 Å². The van der Waals surface area contributed by atoms with Crippen LogP contribution in [0, 0.1) is 11.7 Å². The zero-order valence-corrected chi connectivity index (χ0v) is 17.7. The molecule has 164 valence electrons. The molecule has 7 heteroatoms. The zero-order chi connectivity index (χ0) is 22.0. The van der Waals surface area contributed by atoms with Gasteiger partial charge in [-0.05, 0) is 66.6 Å². The number of nitrogens with two attached hydrogens (primary N) is 1. The molecule has 31 heavy (non-hydrogen) atoms. The Kier molecular flexibility index (Phi) is 6.11. The molecule has 2 aromatic carbocycles. The maximum Gasteiger partial charge on any atom is 0.322 e. The zero-order valence-electron chi connectivity index (χ0n) is 17.7. The quantitative estimate of drug-likeness (QED) is 0.758. The fourth-order valence-corrected chi connectivity index (χ4v) is 4.86. The van der Waals surface area contributed by atoms with Crippen LogP contribution in [-0.2, 0) is 13.0 Å². The van der Waals surface area contributed by atoms with E-state index >= 15 is 0 Å².